The number of hydrogen-bond donors (Lipinski definition) is 1. The summed E-state index contributed by atoms with van der Waals surface area (Å²) in [7, 11) is 2.56. The minimum Gasteiger partial charge on any atom is -0.474 e. The minimum atomic E-state index is -1.63. The summed E-state index contributed by atoms with van der Waals surface area (Å²) in [6.45, 7) is -0.0402. The highest BCUT2D eigenvalue weighted by molar-refractivity contribution is 6.42. The van der Waals surface area contributed by atoms with E-state index >= 15 is 0 Å². The van der Waals surface area contributed by atoms with Crippen LogP contribution in [0, 0.1) is 0 Å². The van der Waals surface area contributed by atoms with Crippen molar-refractivity contribution in [2.24, 2.45) is 10.1 Å². The molecule has 0 radical (unpaired) electrons. The molecule has 2 aromatic carbocycles. The Hall–Kier alpha value is -3.98. The molecule has 0 fully saturated rings. The number of carbonyl (C=O) groups is 2. The first kappa shape index (κ1) is 22.8. The molecule has 5 atom stereocenters. The van der Waals surface area contributed by atoms with Gasteiger partial charge in [0.1, 0.15) is 12.7 Å². The van der Waals surface area contributed by atoms with Crippen LogP contribution in [0.1, 0.15) is 23.1 Å². The number of esters is 2. The molecule has 0 bridgehead atoms. The molecule has 0 aromatic heterocycles. The molecule has 3 heterocycles. The number of aliphatic hydroxyl groups is 1. The topological polar surface area (TPSA) is 110 Å². The fourth-order valence-electron chi connectivity index (χ4n) is 4.99. The molecule has 2 aromatic rings. The highest BCUT2D eigenvalue weighted by Gasteiger charge is 2.65. The smallest absolute Gasteiger partial charge is 0.337 e. The van der Waals surface area contributed by atoms with Gasteiger partial charge in [-0.3, -0.25) is 5.01 Å². The Morgan fingerprint density at radius 3 is 2.29 bits per heavy atom. The third-order valence-electron chi connectivity index (χ3n) is 6.65. The van der Waals surface area contributed by atoms with Gasteiger partial charge in [0.05, 0.1) is 20.3 Å². The van der Waals surface area contributed by atoms with Crippen molar-refractivity contribution in [1.29, 1.82) is 0 Å². The number of aliphatic imine (C=N–C) groups is 1. The van der Waals surface area contributed by atoms with Gasteiger partial charge in [-0.05, 0) is 11.1 Å². The van der Waals surface area contributed by atoms with Gasteiger partial charge in [-0.2, -0.15) is 5.10 Å². The van der Waals surface area contributed by atoms with Crippen molar-refractivity contribution in [3.8, 4) is 0 Å². The van der Waals surface area contributed by atoms with Crippen LogP contribution in [-0.2, 0) is 23.8 Å². The Labute approximate surface area is 202 Å². The third kappa shape index (κ3) is 3.50. The highest BCUT2D eigenvalue weighted by Crippen LogP contribution is 2.50. The van der Waals surface area contributed by atoms with Crippen molar-refractivity contribution in [3.05, 3.63) is 83.9 Å². The molecule has 5 rings (SSSR count). The SMILES string of the molecule is COC(=O)[C@@H]1COC(C2=NN3C(c4ccccc4)C=CC(c4ccccc4)C3(C(=O)OC)C2O)=N1. The Kier molecular flexibility index (Phi) is 5.86. The number of methoxy groups -OCH3 is 2. The van der Waals surface area contributed by atoms with E-state index in [2.05, 4.69) is 4.99 Å². The lowest BCUT2D eigenvalue weighted by atomic mass is 9.71. The number of fused-ring (bicyclic) bond motifs is 1. The van der Waals surface area contributed by atoms with Crippen molar-refractivity contribution in [2.45, 2.75) is 29.6 Å². The van der Waals surface area contributed by atoms with Crippen LogP contribution in [-0.4, -0.2) is 72.2 Å². The molecule has 35 heavy (non-hydrogen) atoms. The van der Waals surface area contributed by atoms with Crippen LogP contribution < -0.4 is 0 Å². The van der Waals surface area contributed by atoms with Crippen LogP contribution in [0.5, 0.6) is 0 Å². The largest absolute Gasteiger partial charge is 0.474 e. The summed E-state index contributed by atoms with van der Waals surface area (Å²) in [4.78, 5) is 29.9. The van der Waals surface area contributed by atoms with Gasteiger partial charge in [-0.1, -0.05) is 72.8 Å². The van der Waals surface area contributed by atoms with E-state index < -0.39 is 41.6 Å². The van der Waals surface area contributed by atoms with E-state index in [-0.39, 0.29) is 18.2 Å². The Balaban J connectivity index is 1.68. The second-order valence-electron chi connectivity index (χ2n) is 8.46. The number of nitrogens with zero attached hydrogens (tertiary/aromatic N) is 3. The first-order valence-electron chi connectivity index (χ1n) is 11.2. The molecule has 9 heteroatoms. The molecule has 3 aliphatic heterocycles. The maximum absolute atomic E-state index is 13.6. The lowest BCUT2D eigenvalue weighted by Gasteiger charge is -2.47. The maximum Gasteiger partial charge on any atom is 0.337 e. The van der Waals surface area contributed by atoms with Crippen LogP contribution in [0.25, 0.3) is 0 Å². The number of hydrogen-bond acceptors (Lipinski definition) is 9. The van der Waals surface area contributed by atoms with E-state index in [4.69, 9.17) is 19.3 Å². The molecule has 0 saturated carbocycles. The second kappa shape index (κ2) is 8.99. The molecule has 3 aliphatic rings. The Bertz CT molecular complexity index is 1210. The predicted molar refractivity (Wildman–Crippen MR) is 127 cm³/mol. The standard InChI is InChI=1S/C26H25N3O6/c1-33-24(31)19-15-35-23(27-19)21-22(30)26(25(32)34-2)18(16-9-5-3-6-10-16)13-14-20(29(26)28-21)17-11-7-4-8-12-17/h3-14,18-20,22,30H,15H2,1-2H3/t18?,19-,20?,22?,26?/m0/s1. The summed E-state index contributed by atoms with van der Waals surface area (Å²) in [5.41, 5.74) is 0.119. The fraction of sp³-hybridized carbons (Fsp3) is 0.308. The summed E-state index contributed by atoms with van der Waals surface area (Å²) >= 11 is 0. The number of rotatable bonds is 5. The van der Waals surface area contributed by atoms with Crippen LogP contribution in [0.3, 0.4) is 0 Å². The van der Waals surface area contributed by atoms with E-state index in [0.29, 0.717) is 0 Å². The molecule has 0 saturated heterocycles. The molecular formula is C26H25N3O6. The Morgan fingerprint density at radius 1 is 1.00 bits per heavy atom. The van der Waals surface area contributed by atoms with Gasteiger partial charge in [-0.25, -0.2) is 14.6 Å². The summed E-state index contributed by atoms with van der Waals surface area (Å²) in [5, 5.41) is 18.1. The van der Waals surface area contributed by atoms with Gasteiger partial charge in [0.25, 0.3) is 0 Å². The summed E-state index contributed by atoms with van der Waals surface area (Å²) < 4.78 is 15.7. The first-order chi connectivity index (χ1) is 17.0. The molecule has 0 amide bonds. The average Bonchev–Trinajstić information content (AvgIpc) is 3.52. The maximum atomic E-state index is 13.6. The van der Waals surface area contributed by atoms with Gasteiger partial charge in [0, 0.05) is 5.92 Å². The van der Waals surface area contributed by atoms with Crippen molar-refractivity contribution in [3.63, 3.8) is 0 Å². The van der Waals surface area contributed by atoms with Gasteiger partial charge in [0.2, 0.25) is 5.90 Å². The number of hydrazone groups is 1. The third-order valence-corrected chi connectivity index (χ3v) is 6.65. The van der Waals surface area contributed by atoms with Crippen LogP contribution >= 0.6 is 0 Å². The van der Waals surface area contributed by atoms with Crippen molar-refractivity contribution >= 4 is 23.5 Å². The summed E-state index contributed by atoms with van der Waals surface area (Å²) in [6.07, 6.45) is 2.42. The van der Waals surface area contributed by atoms with Crippen LogP contribution in [0.4, 0.5) is 0 Å². The zero-order chi connectivity index (χ0) is 24.6. The summed E-state index contributed by atoms with van der Waals surface area (Å²) in [6, 6.07) is 17.6. The van der Waals surface area contributed by atoms with Gasteiger partial charge >= 0.3 is 11.9 Å². The Morgan fingerprint density at radius 2 is 1.66 bits per heavy atom. The van der Waals surface area contributed by atoms with Crippen molar-refractivity contribution < 1.29 is 28.9 Å². The normalized spacial score (nSPS) is 29.1. The molecule has 4 unspecified atom stereocenters. The predicted octanol–water partition coefficient (Wildman–Crippen LogP) is 2.00. The molecule has 0 spiro atoms. The summed E-state index contributed by atoms with van der Waals surface area (Å²) in [5.74, 6) is -1.79. The van der Waals surface area contributed by atoms with Crippen molar-refractivity contribution in [2.75, 3.05) is 20.8 Å². The van der Waals surface area contributed by atoms with Gasteiger partial charge in [0.15, 0.2) is 17.3 Å². The lowest BCUT2D eigenvalue weighted by molar-refractivity contribution is -0.163. The minimum absolute atomic E-state index is 0.00389. The molecule has 0 aliphatic carbocycles. The second-order valence-corrected chi connectivity index (χ2v) is 8.46. The van der Waals surface area contributed by atoms with Gasteiger partial charge in [-0.15, -0.1) is 0 Å². The first-order valence-corrected chi connectivity index (χ1v) is 11.2. The van der Waals surface area contributed by atoms with E-state index in [1.54, 1.807) is 5.01 Å². The quantitative estimate of drug-likeness (QED) is 0.520. The zero-order valence-corrected chi connectivity index (χ0v) is 19.3. The van der Waals surface area contributed by atoms with E-state index in [9.17, 15) is 14.7 Å². The highest BCUT2D eigenvalue weighted by atomic mass is 16.5. The van der Waals surface area contributed by atoms with Crippen LogP contribution in [0.2, 0.25) is 0 Å². The number of aliphatic hydroxyl groups excluding tert-OH is 1. The number of carbonyl (C=O) groups excluding carboxylic acids is 2. The van der Waals surface area contributed by atoms with Crippen LogP contribution in [0.15, 0.2) is 82.9 Å². The monoisotopic (exact) mass is 475 g/mol. The molecule has 1 N–H and O–H groups in total. The molecular weight excluding hydrogens is 450 g/mol. The van der Waals surface area contributed by atoms with E-state index in [0.717, 1.165) is 11.1 Å². The lowest BCUT2D eigenvalue weighted by Crippen LogP contribution is -2.64. The molecule has 180 valence electrons. The fourth-order valence-corrected chi connectivity index (χ4v) is 4.99. The van der Waals surface area contributed by atoms with E-state index in [1.807, 2.05) is 72.8 Å². The number of benzene rings is 2. The zero-order valence-electron chi connectivity index (χ0n) is 19.3. The van der Waals surface area contributed by atoms with E-state index in [1.165, 1.54) is 14.2 Å². The number of ether oxygens (including phenoxy) is 3. The average molecular weight is 476 g/mol. The molecule has 9 nitrogen and oxygen atoms in total. The van der Waals surface area contributed by atoms with Crippen molar-refractivity contribution in [1.82, 2.24) is 5.01 Å². The van der Waals surface area contributed by atoms with Gasteiger partial charge < -0.3 is 19.3 Å².